The summed E-state index contributed by atoms with van der Waals surface area (Å²) in [5.74, 6) is 0.311. The zero-order chi connectivity index (χ0) is 12.4. The molecule has 0 aromatic rings. The maximum Gasteiger partial charge on any atom is 0.417 e. The van der Waals surface area contributed by atoms with Crippen molar-refractivity contribution < 1.29 is 17.9 Å². The van der Waals surface area contributed by atoms with Gasteiger partial charge in [-0.25, -0.2) is 0 Å². The molecule has 1 saturated carbocycles. The van der Waals surface area contributed by atoms with Gasteiger partial charge in [-0.05, 0) is 44.9 Å². The second-order valence-corrected chi connectivity index (χ2v) is 4.85. The van der Waals surface area contributed by atoms with E-state index in [-0.39, 0.29) is 18.9 Å². The van der Waals surface area contributed by atoms with Crippen LogP contribution in [0, 0.1) is 5.92 Å². The van der Waals surface area contributed by atoms with Crippen molar-refractivity contribution in [3.8, 4) is 0 Å². The van der Waals surface area contributed by atoms with E-state index in [2.05, 4.69) is 0 Å². The number of alkyl halides is 3. The number of hydrogen-bond acceptors (Lipinski definition) is 2. The van der Waals surface area contributed by atoms with Gasteiger partial charge in [-0.3, -0.25) is 0 Å². The molecule has 1 rings (SSSR count). The van der Waals surface area contributed by atoms with Crippen LogP contribution < -0.4 is 5.73 Å². The third-order valence-corrected chi connectivity index (χ3v) is 3.53. The summed E-state index contributed by atoms with van der Waals surface area (Å²) in [6, 6.07) is 0.0610. The third-order valence-electron chi connectivity index (χ3n) is 3.53. The fourth-order valence-electron chi connectivity index (χ4n) is 2.51. The normalized spacial score (nSPS) is 33.8. The number of methoxy groups -OCH3 is 1. The van der Waals surface area contributed by atoms with Crippen molar-refractivity contribution in [2.24, 2.45) is 11.7 Å². The smallest absolute Gasteiger partial charge is 0.369 e. The van der Waals surface area contributed by atoms with Gasteiger partial charge in [0, 0.05) is 13.2 Å². The molecule has 0 spiro atoms. The van der Waals surface area contributed by atoms with Crippen LogP contribution in [-0.4, -0.2) is 24.9 Å². The Hall–Kier alpha value is -0.290. The molecule has 5 heteroatoms. The van der Waals surface area contributed by atoms with E-state index in [1.54, 1.807) is 0 Å². The van der Waals surface area contributed by atoms with Crippen molar-refractivity contribution in [2.45, 2.75) is 56.8 Å². The largest absolute Gasteiger partial charge is 0.417 e. The Morgan fingerprint density at radius 2 is 1.88 bits per heavy atom. The second kappa shape index (κ2) is 4.92. The second-order valence-electron chi connectivity index (χ2n) is 4.85. The number of halogens is 3. The molecule has 1 aliphatic rings. The van der Waals surface area contributed by atoms with E-state index in [9.17, 15) is 13.2 Å². The summed E-state index contributed by atoms with van der Waals surface area (Å²) in [6.45, 7) is 1.89. The van der Waals surface area contributed by atoms with Gasteiger partial charge in [0.05, 0.1) is 0 Å². The molecule has 0 aromatic carbocycles. The maximum absolute atomic E-state index is 12.8. The molecule has 0 heterocycles. The quantitative estimate of drug-likeness (QED) is 0.822. The Morgan fingerprint density at radius 1 is 1.38 bits per heavy atom. The van der Waals surface area contributed by atoms with Gasteiger partial charge in [-0.2, -0.15) is 13.2 Å². The average Bonchev–Trinajstić information content (AvgIpc) is 2.16. The van der Waals surface area contributed by atoms with Gasteiger partial charge >= 0.3 is 6.18 Å². The van der Waals surface area contributed by atoms with Crippen LogP contribution in [-0.2, 0) is 4.74 Å². The molecule has 2 N–H and O–H groups in total. The Balaban J connectivity index is 2.58. The molecule has 16 heavy (non-hydrogen) atoms. The minimum absolute atomic E-state index is 0.0599. The summed E-state index contributed by atoms with van der Waals surface area (Å²) in [6.07, 6.45) is -2.24. The molecule has 96 valence electrons. The molecule has 0 bridgehead atoms. The van der Waals surface area contributed by atoms with Crippen LogP contribution in [0.5, 0.6) is 0 Å². The molecule has 0 aromatic heterocycles. The van der Waals surface area contributed by atoms with Gasteiger partial charge in [0.15, 0.2) is 5.60 Å². The highest BCUT2D eigenvalue weighted by Crippen LogP contribution is 2.46. The van der Waals surface area contributed by atoms with Crippen LogP contribution in [0.2, 0.25) is 0 Å². The molecule has 2 nitrogen and oxygen atoms in total. The molecule has 1 fully saturated rings. The maximum atomic E-state index is 12.8. The minimum atomic E-state index is -4.26. The zero-order valence-electron chi connectivity index (χ0n) is 9.81. The Kier molecular flexibility index (Phi) is 4.23. The SMILES string of the molecule is COC1(C(F)(F)F)CCC(CC(C)N)CC1. The van der Waals surface area contributed by atoms with Gasteiger partial charge in [-0.15, -0.1) is 0 Å². The van der Waals surface area contributed by atoms with Gasteiger partial charge in [-0.1, -0.05) is 0 Å². The predicted molar refractivity (Wildman–Crippen MR) is 56.0 cm³/mol. The van der Waals surface area contributed by atoms with Crippen LogP contribution in [0.3, 0.4) is 0 Å². The van der Waals surface area contributed by atoms with Crippen LogP contribution in [0.4, 0.5) is 13.2 Å². The van der Waals surface area contributed by atoms with Crippen LogP contribution in [0.1, 0.15) is 39.0 Å². The topological polar surface area (TPSA) is 35.2 Å². The van der Waals surface area contributed by atoms with Crippen molar-refractivity contribution in [3.63, 3.8) is 0 Å². The number of ether oxygens (including phenoxy) is 1. The predicted octanol–water partition coefficient (Wildman–Crippen LogP) is 2.86. The van der Waals surface area contributed by atoms with Crippen LogP contribution in [0.25, 0.3) is 0 Å². The molecule has 1 unspecified atom stereocenters. The molecule has 1 aliphatic carbocycles. The standard InChI is InChI=1S/C11H20F3NO/c1-8(15)7-9-3-5-10(16-2,6-4-9)11(12,13)14/h8-9H,3-7,15H2,1-2H3. The molecular formula is C11H20F3NO. The summed E-state index contributed by atoms with van der Waals surface area (Å²) in [5, 5.41) is 0. The van der Waals surface area contributed by atoms with Crippen molar-refractivity contribution in [2.75, 3.05) is 7.11 Å². The highest BCUT2D eigenvalue weighted by atomic mass is 19.4. The van der Waals surface area contributed by atoms with Gasteiger partial charge < -0.3 is 10.5 Å². The highest BCUT2D eigenvalue weighted by molar-refractivity contribution is 4.93. The first-order chi connectivity index (χ1) is 7.31. The average molecular weight is 239 g/mol. The number of rotatable bonds is 3. The lowest BCUT2D eigenvalue weighted by molar-refractivity contribution is -0.281. The summed E-state index contributed by atoms with van der Waals surface area (Å²) >= 11 is 0. The highest BCUT2D eigenvalue weighted by Gasteiger charge is 2.56. The van der Waals surface area contributed by atoms with Crippen molar-refractivity contribution in [3.05, 3.63) is 0 Å². The molecular weight excluding hydrogens is 219 g/mol. The fourth-order valence-corrected chi connectivity index (χ4v) is 2.51. The van der Waals surface area contributed by atoms with Crippen LogP contribution >= 0.6 is 0 Å². The van der Waals surface area contributed by atoms with E-state index in [1.807, 2.05) is 6.92 Å². The molecule has 0 saturated heterocycles. The Morgan fingerprint density at radius 3 is 2.19 bits per heavy atom. The zero-order valence-corrected chi connectivity index (χ0v) is 9.81. The van der Waals surface area contributed by atoms with E-state index >= 15 is 0 Å². The summed E-state index contributed by atoms with van der Waals surface area (Å²) in [5.41, 5.74) is 3.74. The summed E-state index contributed by atoms with van der Waals surface area (Å²) < 4.78 is 43.3. The van der Waals surface area contributed by atoms with Crippen molar-refractivity contribution >= 4 is 0 Å². The van der Waals surface area contributed by atoms with Crippen LogP contribution in [0.15, 0.2) is 0 Å². The molecule has 0 aliphatic heterocycles. The molecule has 0 amide bonds. The summed E-state index contributed by atoms with van der Waals surface area (Å²) in [7, 11) is 1.15. The Labute approximate surface area is 94.3 Å². The Bertz CT molecular complexity index is 220. The lowest BCUT2D eigenvalue weighted by Crippen LogP contribution is -2.49. The van der Waals surface area contributed by atoms with E-state index in [1.165, 1.54) is 0 Å². The number of nitrogens with two attached hydrogens (primary N) is 1. The lowest BCUT2D eigenvalue weighted by atomic mass is 9.76. The lowest BCUT2D eigenvalue weighted by Gasteiger charge is -2.40. The van der Waals surface area contributed by atoms with Gasteiger partial charge in [0.1, 0.15) is 0 Å². The van der Waals surface area contributed by atoms with E-state index < -0.39 is 11.8 Å². The molecule has 1 atom stereocenters. The first-order valence-corrected chi connectivity index (χ1v) is 5.68. The van der Waals surface area contributed by atoms with Gasteiger partial charge in [0.25, 0.3) is 0 Å². The third kappa shape index (κ3) is 2.88. The first-order valence-electron chi connectivity index (χ1n) is 5.68. The monoisotopic (exact) mass is 239 g/mol. The first kappa shape index (κ1) is 13.8. The van der Waals surface area contributed by atoms with E-state index in [0.29, 0.717) is 18.8 Å². The number of hydrogen-bond donors (Lipinski definition) is 1. The molecule has 0 radical (unpaired) electrons. The van der Waals surface area contributed by atoms with Gasteiger partial charge in [0.2, 0.25) is 0 Å². The summed E-state index contributed by atoms with van der Waals surface area (Å²) in [4.78, 5) is 0. The van der Waals surface area contributed by atoms with E-state index in [4.69, 9.17) is 10.5 Å². The van der Waals surface area contributed by atoms with Crippen molar-refractivity contribution in [1.82, 2.24) is 0 Å². The van der Waals surface area contributed by atoms with Crippen molar-refractivity contribution in [1.29, 1.82) is 0 Å². The fraction of sp³-hybridized carbons (Fsp3) is 1.00. The minimum Gasteiger partial charge on any atom is -0.369 e. The van der Waals surface area contributed by atoms with E-state index in [0.717, 1.165) is 13.5 Å².